The van der Waals surface area contributed by atoms with Gasteiger partial charge in [0.2, 0.25) is 0 Å². The highest BCUT2D eigenvalue weighted by atomic mass is 16.5. The fourth-order valence-electron chi connectivity index (χ4n) is 1.82. The Hall–Kier alpha value is -1.93. The first-order valence-corrected chi connectivity index (χ1v) is 6.23. The second-order valence-corrected chi connectivity index (χ2v) is 4.30. The number of oxime groups is 1. The van der Waals surface area contributed by atoms with Gasteiger partial charge in [0, 0.05) is 20.2 Å². The van der Waals surface area contributed by atoms with E-state index in [9.17, 15) is 0 Å². The second-order valence-electron chi connectivity index (χ2n) is 4.30. The molecule has 0 aliphatic heterocycles. The summed E-state index contributed by atoms with van der Waals surface area (Å²) < 4.78 is 5.04. The molecule has 0 atom stereocenters. The normalized spacial score (nSPS) is 11.7. The van der Waals surface area contributed by atoms with Crippen LogP contribution in [0.2, 0.25) is 0 Å². The van der Waals surface area contributed by atoms with E-state index in [4.69, 9.17) is 20.8 Å². The van der Waals surface area contributed by atoms with E-state index in [1.807, 2.05) is 6.92 Å². The van der Waals surface area contributed by atoms with E-state index >= 15 is 0 Å². The first-order valence-electron chi connectivity index (χ1n) is 6.23. The van der Waals surface area contributed by atoms with Crippen LogP contribution < -0.4 is 10.6 Å². The van der Waals surface area contributed by atoms with Crippen molar-refractivity contribution in [1.29, 1.82) is 0 Å². The minimum Gasteiger partial charge on any atom is -0.409 e. The van der Waals surface area contributed by atoms with E-state index in [0.29, 0.717) is 36.8 Å². The van der Waals surface area contributed by atoms with Gasteiger partial charge in [-0.1, -0.05) is 5.16 Å². The van der Waals surface area contributed by atoms with E-state index in [0.717, 1.165) is 5.56 Å². The van der Waals surface area contributed by atoms with E-state index < -0.39 is 0 Å². The smallest absolute Gasteiger partial charge is 0.174 e. The standard InChI is InChI=1S/C12H21N5O3/c1-8-9(2)14-15-12(10(8)11(13)16-19)17(4-6-18)5-7-20-3/h18-19H,4-7H2,1-3H3,(H2,13,16). The molecule has 0 fully saturated rings. The molecule has 0 aromatic carbocycles. The molecule has 0 radical (unpaired) electrons. The molecular formula is C12H21N5O3. The van der Waals surface area contributed by atoms with Crippen molar-refractivity contribution in [3.8, 4) is 0 Å². The highest BCUT2D eigenvalue weighted by Crippen LogP contribution is 2.21. The Kier molecular flexibility index (Phi) is 6.13. The number of aliphatic hydroxyl groups excluding tert-OH is 1. The van der Waals surface area contributed by atoms with Crippen LogP contribution in [-0.4, -0.2) is 59.8 Å². The van der Waals surface area contributed by atoms with Gasteiger partial charge >= 0.3 is 0 Å². The predicted molar refractivity (Wildman–Crippen MR) is 75.2 cm³/mol. The van der Waals surface area contributed by atoms with Gasteiger partial charge in [-0.3, -0.25) is 0 Å². The van der Waals surface area contributed by atoms with E-state index in [1.54, 1.807) is 18.9 Å². The van der Waals surface area contributed by atoms with Crippen LogP contribution in [0.5, 0.6) is 0 Å². The van der Waals surface area contributed by atoms with Gasteiger partial charge in [-0.2, -0.15) is 5.10 Å². The number of amidine groups is 1. The average Bonchev–Trinajstić information content (AvgIpc) is 2.45. The lowest BCUT2D eigenvalue weighted by Crippen LogP contribution is -2.34. The summed E-state index contributed by atoms with van der Waals surface area (Å²) in [6.07, 6.45) is 0. The Balaban J connectivity index is 3.29. The molecule has 0 aliphatic carbocycles. The molecule has 1 aromatic heterocycles. The van der Waals surface area contributed by atoms with E-state index in [2.05, 4.69) is 15.4 Å². The maximum absolute atomic E-state index is 9.17. The summed E-state index contributed by atoms with van der Waals surface area (Å²) in [7, 11) is 1.59. The van der Waals surface area contributed by atoms with Crippen molar-refractivity contribution >= 4 is 11.7 Å². The van der Waals surface area contributed by atoms with Crippen molar-refractivity contribution in [2.75, 3.05) is 38.3 Å². The molecule has 1 rings (SSSR count). The topological polar surface area (TPSA) is 117 Å². The largest absolute Gasteiger partial charge is 0.409 e. The van der Waals surface area contributed by atoms with Crippen molar-refractivity contribution in [2.24, 2.45) is 10.9 Å². The Labute approximate surface area is 117 Å². The lowest BCUT2D eigenvalue weighted by atomic mass is 10.1. The molecule has 1 aromatic rings. The molecule has 8 heteroatoms. The lowest BCUT2D eigenvalue weighted by Gasteiger charge is -2.25. The van der Waals surface area contributed by atoms with Crippen molar-refractivity contribution in [3.05, 3.63) is 16.8 Å². The van der Waals surface area contributed by atoms with Gasteiger partial charge in [0.1, 0.15) is 0 Å². The minimum atomic E-state index is -0.0477. The third-order valence-corrected chi connectivity index (χ3v) is 3.03. The van der Waals surface area contributed by atoms with Crippen LogP contribution in [0, 0.1) is 13.8 Å². The number of aromatic nitrogens is 2. The third kappa shape index (κ3) is 3.55. The number of hydrogen-bond acceptors (Lipinski definition) is 7. The van der Waals surface area contributed by atoms with Crippen LogP contribution in [-0.2, 0) is 4.74 Å². The predicted octanol–water partition coefficient (Wildman–Crippen LogP) is -0.367. The molecule has 1 heterocycles. The number of nitrogens with zero attached hydrogens (tertiary/aromatic N) is 4. The summed E-state index contributed by atoms with van der Waals surface area (Å²) in [5, 5.41) is 29.3. The fourth-order valence-corrected chi connectivity index (χ4v) is 1.82. The van der Waals surface area contributed by atoms with Gasteiger partial charge in [-0.05, 0) is 19.4 Å². The van der Waals surface area contributed by atoms with Crippen LogP contribution in [0.25, 0.3) is 0 Å². The number of ether oxygens (including phenoxy) is 1. The quantitative estimate of drug-likeness (QED) is 0.270. The molecule has 0 spiro atoms. The van der Waals surface area contributed by atoms with Crippen molar-refractivity contribution in [1.82, 2.24) is 10.2 Å². The number of hydrogen-bond donors (Lipinski definition) is 3. The highest BCUT2D eigenvalue weighted by molar-refractivity contribution is 6.02. The van der Waals surface area contributed by atoms with Crippen LogP contribution in [0.15, 0.2) is 5.16 Å². The number of nitrogens with two attached hydrogens (primary N) is 1. The zero-order valence-electron chi connectivity index (χ0n) is 12.0. The molecule has 0 amide bonds. The summed E-state index contributed by atoms with van der Waals surface area (Å²) in [6.45, 7) is 4.91. The zero-order valence-corrected chi connectivity index (χ0v) is 12.0. The van der Waals surface area contributed by atoms with Crippen LogP contribution in [0.3, 0.4) is 0 Å². The summed E-state index contributed by atoms with van der Waals surface area (Å²) >= 11 is 0. The maximum Gasteiger partial charge on any atom is 0.174 e. The lowest BCUT2D eigenvalue weighted by molar-refractivity contribution is 0.202. The zero-order chi connectivity index (χ0) is 15.1. The monoisotopic (exact) mass is 283 g/mol. The molecule has 112 valence electrons. The SMILES string of the molecule is COCCN(CCO)c1nnc(C)c(C)c1C(N)=NO. The summed E-state index contributed by atoms with van der Waals surface area (Å²) in [6, 6.07) is 0. The van der Waals surface area contributed by atoms with Gasteiger partial charge < -0.3 is 25.7 Å². The van der Waals surface area contributed by atoms with Crippen LogP contribution in [0.1, 0.15) is 16.8 Å². The van der Waals surface area contributed by atoms with Crippen molar-refractivity contribution in [3.63, 3.8) is 0 Å². The van der Waals surface area contributed by atoms with Gasteiger partial charge in [-0.15, -0.1) is 5.10 Å². The average molecular weight is 283 g/mol. The second kappa shape index (κ2) is 7.61. The fraction of sp³-hybridized carbons (Fsp3) is 0.583. The molecule has 0 aliphatic rings. The Morgan fingerprint density at radius 1 is 1.35 bits per heavy atom. The van der Waals surface area contributed by atoms with E-state index in [1.165, 1.54) is 0 Å². The first kappa shape index (κ1) is 16.1. The summed E-state index contributed by atoms with van der Waals surface area (Å²) in [5.41, 5.74) is 7.74. The molecule has 20 heavy (non-hydrogen) atoms. The van der Waals surface area contributed by atoms with Crippen molar-refractivity contribution in [2.45, 2.75) is 13.8 Å². The third-order valence-electron chi connectivity index (χ3n) is 3.03. The summed E-state index contributed by atoms with van der Waals surface area (Å²) in [5.74, 6) is 0.436. The highest BCUT2D eigenvalue weighted by Gasteiger charge is 2.20. The molecule has 0 saturated heterocycles. The van der Waals surface area contributed by atoms with Gasteiger partial charge in [0.05, 0.1) is 24.5 Å². The van der Waals surface area contributed by atoms with Gasteiger partial charge in [0.25, 0.3) is 0 Å². The molecule has 4 N–H and O–H groups in total. The molecule has 8 nitrogen and oxygen atoms in total. The minimum absolute atomic E-state index is 0.0316. The number of methoxy groups -OCH3 is 1. The van der Waals surface area contributed by atoms with Crippen LogP contribution in [0.4, 0.5) is 5.82 Å². The number of rotatable bonds is 7. The Bertz CT molecular complexity index is 478. The number of anilines is 1. The first-order chi connectivity index (χ1) is 9.56. The summed E-state index contributed by atoms with van der Waals surface area (Å²) in [4.78, 5) is 1.79. The Morgan fingerprint density at radius 3 is 2.60 bits per heavy atom. The molecular weight excluding hydrogens is 262 g/mol. The van der Waals surface area contributed by atoms with Gasteiger partial charge in [-0.25, -0.2) is 0 Å². The Morgan fingerprint density at radius 2 is 2.05 bits per heavy atom. The molecule has 0 bridgehead atoms. The number of aliphatic hydroxyl groups is 1. The van der Waals surface area contributed by atoms with Gasteiger partial charge in [0.15, 0.2) is 11.7 Å². The van der Waals surface area contributed by atoms with Crippen LogP contribution >= 0.6 is 0 Å². The molecule has 0 saturated carbocycles. The van der Waals surface area contributed by atoms with E-state index in [-0.39, 0.29) is 12.4 Å². The number of aryl methyl sites for hydroxylation is 1. The van der Waals surface area contributed by atoms with Crippen molar-refractivity contribution < 1.29 is 15.1 Å². The molecule has 0 unspecified atom stereocenters. The maximum atomic E-state index is 9.17.